The lowest BCUT2D eigenvalue weighted by Crippen LogP contribution is -2.20. The second kappa shape index (κ2) is 5.16. The molecule has 0 amide bonds. The largest absolute Gasteiger partial charge is 0.394 e. The molecule has 6 heteroatoms. The summed E-state index contributed by atoms with van der Waals surface area (Å²) in [5.41, 5.74) is 0. The average molecular weight is 272 g/mol. The molecule has 0 spiro atoms. The molecule has 2 aromatic heterocycles. The Hall–Kier alpha value is -0.910. The van der Waals surface area contributed by atoms with Gasteiger partial charge in [0.15, 0.2) is 0 Å². The van der Waals surface area contributed by atoms with E-state index < -0.39 is 0 Å². The van der Waals surface area contributed by atoms with Crippen LogP contribution in [0.4, 0.5) is 5.82 Å². The highest BCUT2D eigenvalue weighted by molar-refractivity contribution is 7.18. The van der Waals surface area contributed by atoms with Crippen molar-refractivity contribution in [3.8, 4) is 0 Å². The fraction of sp³-hybridized carbons (Fsp3) is 0.455. The van der Waals surface area contributed by atoms with Gasteiger partial charge < -0.3 is 10.4 Å². The maximum Gasteiger partial charge on any atom is 0.225 e. The highest BCUT2D eigenvalue weighted by Gasteiger charge is 2.12. The summed E-state index contributed by atoms with van der Waals surface area (Å²) >= 11 is 7.51. The number of fused-ring (bicyclic) bond motifs is 1. The van der Waals surface area contributed by atoms with Crippen LogP contribution in [-0.4, -0.2) is 27.7 Å². The Morgan fingerprint density at radius 3 is 2.94 bits per heavy atom. The second-order valence-corrected chi connectivity index (χ2v) is 5.31. The van der Waals surface area contributed by atoms with Crippen LogP contribution < -0.4 is 5.32 Å². The first kappa shape index (κ1) is 12.5. The number of hydrogen-bond donors (Lipinski definition) is 2. The average Bonchev–Trinajstić information content (AvgIpc) is 2.71. The summed E-state index contributed by atoms with van der Waals surface area (Å²) in [6.07, 6.45) is 0.966. The molecule has 0 bridgehead atoms. The monoisotopic (exact) mass is 271 g/mol. The van der Waals surface area contributed by atoms with Crippen LogP contribution in [0.3, 0.4) is 0 Å². The van der Waals surface area contributed by atoms with Crippen LogP contribution in [0.25, 0.3) is 10.2 Å². The highest BCUT2D eigenvalue weighted by atomic mass is 35.5. The lowest BCUT2D eigenvalue weighted by Gasteiger charge is -2.12. The van der Waals surface area contributed by atoms with E-state index >= 15 is 0 Å². The van der Waals surface area contributed by atoms with Gasteiger partial charge in [0.1, 0.15) is 10.6 Å². The van der Waals surface area contributed by atoms with Gasteiger partial charge in [-0.05, 0) is 31.0 Å². The SMILES string of the molecule is CCc1cc2c(NC(C)CO)nc(Cl)nc2s1. The van der Waals surface area contributed by atoms with Crippen LogP contribution in [0, 0.1) is 0 Å². The van der Waals surface area contributed by atoms with Crippen LogP contribution in [0.5, 0.6) is 0 Å². The topological polar surface area (TPSA) is 58.0 Å². The second-order valence-electron chi connectivity index (χ2n) is 3.85. The molecule has 0 radical (unpaired) electrons. The van der Waals surface area contributed by atoms with Crippen molar-refractivity contribution in [1.82, 2.24) is 9.97 Å². The Morgan fingerprint density at radius 2 is 2.29 bits per heavy atom. The fourth-order valence-electron chi connectivity index (χ4n) is 1.51. The number of aliphatic hydroxyl groups is 1. The number of nitrogens with one attached hydrogen (secondary N) is 1. The van der Waals surface area contributed by atoms with E-state index in [2.05, 4.69) is 28.3 Å². The van der Waals surface area contributed by atoms with E-state index in [0.29, 0.717) is 5.82 Å². The van der Waals surface area contributed by atoms with Gasteiger partial charge in [-0.15, -0.1) is 11.3 Å². The molecule has 0 aliphatic heterocycles. The molecule has 2 N–H and O–H groups in total. The van der Waals surface area contributed by atoms with E-state index in [-0.39, 0.29) is 17.9 Å². The Balaban J connectivity index is 2.48. The van der Waals surface area contributed by atoms with Crippen LogP contribution in [0.1, 0.15) is 18.7 Å². The van der Waals surface area contributed by atoms with Crippen molar-refractivity contribution in [1.29, 1.82) is 0 Å². The van der Waals surface area contributed by atoms with Gasteiger partial charge in [0, 0.05) is 10.9 Å². The molecule has 0 saturated heterocycles. The maximum absolute atomic E-state index is 9.05. The van der Waals surface area contributed by atoms with Crippen LogP contribution in [0.15, 0.2) is 6.07 Å². The molecule has 17 heavy (non-hydrogen) atoms. The number of aromatic nitrogens is 2. The van der Waals surface area contributed by atoms with Crippen LogP contribution in [-0.2, 0) is 6.42 Å². The quantitative estimate of drug-likeness (QED) is 0.840. The maximum atomic E-state index is 9.05. The lowest BCUT2D eigenvalue weighted by atomic mass is 10.3. The molecule has 2 rings (SSSR count). The van der Waals surface area contributed by atoms with E-state index in [9.17, 15) is 0 Å². The van der Waals surface area contributed by atoms with Crippen molar-refractivity contribution in [2.24, 2.45) is 0 Å². The zero-order valence-electron chi connectivity index (χ0n) is 9.70. The summed E-state index contributed by atoms with van der Waals surface area (Å²) in [5, 5.41) is 13.4. The van der Waals surface area contributed by atoms with E-state index in [1.165, 1.54) is 4.88 Å². The van der Waals surface area contributed by atoms with Gasteiger partial charge in [0.25, 0.3) is 0 Å². The number of aryl methyl sites for hydroxylation is 1. The van der Waals surface area contributed by atoms with Crippen molar-refractivity contribution in [3.63, 3.8) is 0 Å². The Bertz CT molecular complexity index is 529. The van der Waals surface area contributed by atoms with Crippen molar-refractivity contribution < 1.29 is 5.11 Å². The summed E-state index contributed by atoms with van der Waals surface area (Å²) in [5.74, 6) is 0.692. The standard InChI is InChI=1S/C11H14ClN3OS/c1-3-7-4-8-9(13-6(2)5-16)14-11(12)15-10(8)17-7/h4,6,16H,3,5H2,1-2H3,(H,13,14,15). The van der Waals surface area contributed by atoms with E-state index in [1.807, 2.05) is 6.92 Å². The number of anilines is 1. The zero-order valence-corrected chi connectivity index (χ0v) is 11.3. The molecular weight excluding hydrogens is 258 g/mol. The molecule has 4 nitrogen and oxygen atoms in total. The number of hydrogen-bond acceptors (Lipinski definition) is 5. The Kier molecular flexibility index (Phi) is 3.81. The van der Waals surface area contributed by atoms with Crippen molar-refractivity contribution in [3.05, 3.63) is 16.2 Å². The zero-order chi connectivity index (χ0) is 12.4. The minimum atomic E-state index is -0.0610. The first-order valence-electron chi connectivity index (χ1n) is 5.47. The fourth-order valence-corrected chi connectivity index (χ4v) is 2.69. The van der Waals surface area contributed by atoms with Crippen LogP contribution >= 0.6 is 22.9 Å². The molecule has 0 aromatic carbocycles. The molecular formula is C11H14ClN3OS. The number of rotatable bonds is 4. The first-order valence-corrected chi connectivity index (χ1v) is 6.66. The van der Waals surface area contributed by atoms with Gasteiger partial charge in [-0.25, -0.2) is 9.97 Å². The predicted octanol–water partition coefficient (Wildman–Crippen LogP) is 2.70. The van der Waals surface area contributed by atoms with Gasteiger partial charge in [0.2, 0.25) is 5.28 Å². The number of aliphatic hydroxyl groups excluding tert-OH is 1. The number of halogens is 1. The summed E-state index contributed by atoms with van der Waals surface area (Å²) in [4.78, 5) is 10.5. The van der Waals surface area contributed by atoms with Crippen molar-refractivity contribution >= 4 is 39.0 Å². The summed E-state index contributed by atoms with van der Waals surface area (Å²) in [6, 6.07) is 2.01. The molecule has 0 aliphatic carbocycles. The minimum absolute atomic E-state index is 0.0495. The Labute approximate surface area is 109 Å². The molecule has 2 heterocycles. The Morgan fingerprint density at radius 1 is 1.53 bits per heavy atom. The van der Waals surface area contributed by atoms with Crippen molar-refractivity contribution in [2.45, 2.75) is 26.3 Å². The smallest absolute Gasteiger partial charge is 0.225 e. The summed E-state index contributed by atoms with van der Waals surface area (Å²) < 4.78 is 0. The lowest BCUT2D eigenvalue weighted by molar-refractivity contribution is 0.281. The van der Waals surface area contributed by atoms with E-state index in [1.54, 1.807) is 11.3 Å². The summed E-state index contributed by atoms with van der Waals surface area (Å²) in [6.45, 7) is 4.03. The minimum Gasteiger partial charge on any atom is -0.394 e. The van der Waals surface area contributed by atoms with Gasteiger partial charge in [-0.3, -0.25) is 0 Å². The normalized spacial score (nSPS) is 12.9. The molecule has 1 atom stereocenters. The third kappa shape index (κ3) is 2.68. The van der Waals surface area contributed by atoms with Crippen LogP contribution in [0.2, 0.25) is 5.28 Å². The van der Waals surface area contributed by atoms with E-state index in [4.69, 9.17) is 16.7 Å². The first-order chi connectivity index (χ1) is 8.13. The molecule has 2 aromatic rings. The van der Waals surface area contributed by atoms with Gasteiger partial charge >= 0.3 is 0 Å². The third-order valence-corrected chi connectivity index (χ3v) is 3.76. The highest BCUT2D eigenvalue weighted by Crippen LogP contribution is 2.30. The summed E-state index contributed by atoms with van der Waals surface area (Å²) in [7, 11) is 0. The third-order valence-electron chi connectivity index (χ3n) is 2.42. The van der Waals surface area contributed by atoms with E-state index in [0.717, 1.165) is 16.6 Å². The molecule has 92 valence electrons. The van der Waals surface area contributed by atoms with Gasteiger partial charge in [-0.1, -0.05) is 6.92 Å². The van der Waals surface area contributed by atoms with Crippen molar-refractivity contribution in [2.75, 3.05) is 11.9 Å². The molecule has 1 unspecified atom stereocenters. The molecule has 0 aliphatic rings. The van der Waals surface area contributed by atoms with Gasteiger partial charge in [-0.2, -0.15) is 0 Å². The molecule has 0 fully saturated rings. The number of thiophene rings is 1. The predicted molar refractivity (Wildman–Crippen MR) is 72.0 cm³/mol. The van der Waals surface area contributed by atoms with Gasteiger partial charge in [0.05, 0.1) is 12.0 Å². The molecule has 0 saturated carbocycles. The number of nitrogens with zero attached hydrogens (tertiary/aromatic N) is 2.